The molecule has 2 amide bonds. The summed E-state index contributed by atoms with van der Waals surface area (Å²) in [4.78, 5) is 13.4. The van der Waals surface area contributed by atoms with Crippen molar-refractivity contribution in [3.8, 4) is 11.4 Å². The van der Waals surface area contributed by atoms with Crippen molar-refractivity contribution >= 4 is 23.4 Å². The lowest BCUT2D eigenvalue weighted by Gasteiger charge is -2.22. The van der Waals surface area contributed by atoms with Crippen LogP contribution in [0.25, 0.3) is 11.3 Å². The van der Waals surface area contributed by atoms with Crippen molar-refractivity contribution in [1.82, 2.24) is 29.7 Å². The molecule has 10 nitrogen and oxygen atoms in total. The lowest BCUT2D eigenvalue weighted by molar-refractivity contribution is 0.200. The number of ether oxygens (including phenoxy) is 1. The van der Waals surface area contributed by atoms with E-state index in [0.717, 1.165) is 22.5 Å². The number of fused-ring (bicyclic) bond motifs is 1. The van der Waals surface area contributed by atoms with Gasteiger partial charge in [0.05, 0.1) is 29.7 Å². The minimum atomic E-state index is -0.306. The Labute approximate surface area is 245 Å². The molecule has 0 saturated carbocycles. The number of nitrogens with two attached hydrogens (primary N) is 1. The zero-order valence-corrected chi connectivity index (χ0v) is 24.7. The number of anilines is 2. The van der Waals surface area contributed by atoms with Crippen LogP contribution in [-0.2, 0) is 5.41 Å². The van der Waals surface area contributed by atoms with Crippen LogP contribution in [-0.4, -0.2) is 36.5 Å². The van der Waals surface area contributed by atoms with Crippen LogP contribution in [0.4, 0.5) is 16.6 Å². The molecular formula is C32H38N8O2. The molecule has 3 heterocycles. The summed E-state index contributed by atoms with van der Waals surface area (Å²) >= 11 is 0. The average molecular weight is 567 g/mol. The van der Waals surface area contributed by atoms with E-state index in [9.17, 15) is 4.79 Å². The van der Waals surface area contributed by atoms with Crippen LogP contribution in [0.15, 0.2) is 79.0 Å². The van der Waals surface area contributed by atoms with E-state index in [0.29, 0.717) is 36.0 Å². The van der Waals surface area contributed by atoms with Gasteiger partial charge in [-0.15, -0.1) is 10.2 Å². The van der Waals surface area contributed by atoms with Crippen LogP contribution in [0.2, 0.25) is 0 Å². The van der Waals surface area contributed by atoms with E-state index in [1.165, 1.54) is 0 Å². The van der Waals surface area contributed by atoms with E-state index in [2.05, 4.69) is 41.6 Å². The number of pyridine rings is 1. The maximum absolute atomic E-state index is 13.4. The second-order valence-corrected chi connectivity index (χ2v) is 11.6. The first-order valence-corrected chi connectivity index (χ1v) is 14.1. The Hall–Kier alpha value is -4.86. The molecule has 0 fully saturated rings. The molecule has 0 unspecified atom stereocenters. The van der Waals surface area contributed by atoms with E-state index in [1.807, 2.05) is 86.6 Å². The number of rotatable bonds is 9. The van der Waals surface area contributed by atoms with Gasteiger partial charge in [0.25, 0.3) is 0 Å². The molecule has 0 saturated heterocycles. The topological polar surface area (TPSA) is 124 Å². The lowest BCUT2D eigenvalue weighted by Crippen LogP contribution is -2.34. The summed E-state index contributed by atoms with van der Waals surface area (Å²) in [6.07, 6.45) is 3.03. The van der Waals surface area contributed by atoms with Gasteiger partial charge in [0, 0.05) is 11.5 Å². The third-order valence-electron chi connectivity index (χ3n) is 7.11. The number of aromatic nitrogens is 5. The molecule has 2 aromatic carbocycles. The number of aryl methyl sites for hydroxylation is 1. The van der Waals surface area contributed by atoms with Crippen LogP contribution in [0.5, 0.6) is 5.75 Å². The maximum atomic E-state index is 13.4. The van der Waals surface area contributed by atoms with Crippen molar-refractivity contribution in [1.29, 1.82) is 0 Å². The quantitative estimate of drug-likeness (QED) is 0.195. The number of hydrogen-bond acceptors (Lipinski definition) is 6. The summed E-state index contributed by atoms with van der Waals surface area (Å²) in [5.74, 6) is 1.58. The number of nitrogen functional groups attached to an aromatic ring is 1. The number of amides is 2. The SMILES string of the molecule is Cc1ccc(-n2nc(C(C)(C)C)cc2NC(=O)N[C@@H](CC[C@H](C)Oc2ccc3nnc(N)n3c2)c2ccccc2)cc1. The van der Waals surface area contributed by atoms with Gasteiger partial charge in [-0.1, -0.05) is 68.8 Å². The van der Waals surface area contributed by atoms with Gasteiger partial charge in [-0.25, -0.2) is 9.48 Å². The second kappa shape index (κ2) is 11.9. The third-order valence-corrected chi connectivity index (χ3v) is 7.11. The summed E-state index contributed by atoms with van der Waals surface area (Å²) in [7, 11) is 0. The first kappa shape index (κ1) is 28.7. The number of nitrogens with one attached hydrogen (secondary N) is 2. The molecule has 0 bridgehead atoms. The van der Waals surface area contributed by atoms with Crippen molar-refractivity contribution in [2.75, 3.05) is 11.1 Å². The zero-order chi connectivity index (χ0) is 29.9. The number of carbonyl (C=O) groups is 1. The molecule has 0 radical (unpaired) electrons. The third kappa shape index (κ3) is 6.71. The Kier molecular flexibility index (Phi) is 8.15. The Balaban J connectivity index is 1.30. The van der Waals surface area contributed by atoms with Gasteiger partial charge >= 0.3 is 6.03 Å². The van der Waals surface area contributed by atoms with Gasteiger partial charge in [0.2, 0.25) is 5.95 Å². The highest BCUT2D eigenvalue weighted by Gasteiger charge is 2.23. The summed E-state index contributed by atoms with van der Waals surface area (Å²) in [6, 6.07) is 23.1. The second-order valence-electron chi connectivity index (χ2n) is 11.6. The van der Waals surface area contributed by atoms with E-state index < -0.39 is 0 Å². The van der Waals surface area contributed by atoms with Gasteiger partial charge < -0.3 is 15.8 Å². The predicted octanol–water partition coefficient (Wildman–Crippen LogP) is 6.21. The van der Waals surface area contributed by atoms with Crippen molar-refractivity contribution in [2.45, 2.75) is 65.0 Å². The van der Waals surface area contributed by atoms with Crippen molar-refractivity contribution in [2.24, 2.45) is 0 Å². The highest BCUT2D eigenvalue weighted by atomic mass is 16.5. The van der Waals surface area contributed by atoms with Crippen LogP contribution in [0.1, 0.15) is 63.4 Å². The van der Waals surface area contributed by atoms with Crippen LogP contribution in [0.3, 0.4) is 0 Å². The summed E-state index contributed by atoms with van der Waals surface area (Å²) < 4.78 is 9.64. The van der Waals surface area contributed by atoms with Gasteiger partial charge in [-0.05, 0) is 56.5 Å². The fourth-order valence-electron chi connectivity index (χ4n) is 4.69. The highest BCUT2D eigenvalue weighted by Crippen LogP contribution is 2.27. The molecule has 2 atom stereocenters. The normalized spacial score (nSPS) is 13.1. The van der Waals surface area contributed by atoms with Crippen molar-refractivity contribution in [3.63, 3.8) is 0 Å². The smallest absolute Gasteiger partial charge is 0.320 e. The highest BCUT2D eigenvalue weighted by molar-refractivity contribution is 5.89. The molecule has 0 aliphatic heterocycles. The Morgan fingerprint density at radius 1 is 1.00 bits per heavy atom. The first-order chi connectivity index (χ1) is 20.1. The molecule has 3 aromatic heterocycles. The fraction of sp³-hybridized carbons (Fsp3) is 0.312. The molecule has 0 aliphatic rings. The molecular weight excluding hydrogens is 528 g/mol. The minimum absolute atomic E-state index is 0.117. The molecule has 218 valence electrons. The number of nitrogens with zero attached hydrogens (tertiary/aromatic N) is 5. The van der Waals surface area contributed by atoms with Gasteiger partial charge in [-0.2, -0.15) is 5.10 Å². The first-order valence-electron chi connectivity index (χ1n) is 14.1. The molecule has 0 aliphatic carbocycles. The monoisotopic (exact) mass is 566 g/mol. The van der Waals surface area contributed by atoms with E-state index >= 15 is 0 Å². The minimum Gasteiger partial charge on any atom is -0.489 e. The summed E-state index contributed by atoms with van der Waals surface area (Å²) in [6.45, 7) is 10.4. The Morgan fingerprint density at radius 2 is 1.74 bits per heavy atom. The van der Waals surface area contributed by atoms with Crippen LogP contribution < -0.4 is 21.1 Å². The summed E-state index contributed by atoms with van der Waals surface area (Å²) in [5, 5.41) is 19.0. The van der Waals surface area contributed by atoms with Crippen molar-refractivity contribution in [3.05, 3.63) is 95.8 Å². The van der Waals surface area contributed by atoms with E-state index in [4.69, 9.17) is 15.6 Å². The van der Waals surface area contributed by atoms with Crippen LogP contribution >= 0.6 is 0 Å². The maximum Gasteiger partial charge on any atom is 0.320 e. The molecule has 5 aromatic rings. The zero-order valence-electron chi connectivity index (χ0n) is 24.7. The fourth-order valence-corrected chi connectivity index (χ4v) is 4.69. The largest absolute Gasteiger partial charge is 0.489 e. The van der Waals surface area contributed by atoms with Crippen molar-refractivity contribution < 1.29 is 9.53 Å². The van der Waals surface area contributed by atoms with Crippen LogP contribution in [0, 0.1) is 6.92 Å². The molecule has 42 heavy (non-hydrogen) atoms. The van der Waals surface area contributed by atoms with Gasteiger partial charge in [0.1, 0.15) is 11.6 Å². The number of hydrogen-bond donors (Lipinski definition) is 3. The van der Waals surface area contributed by atoms with Gasteiger partial charge in [0.15, 0.2) is 5.65 Å². The lowest BCUT2D eigenvalue weighted by atomic mass is 9.92. The van der Waals surface area contributed by atoms with E-state index in [1.54, 1.807) is 15.3 Å². The molecule has 0 spiro atoms. The summed E-state index contributed by atoms with van der Waals surface area (Å²) in [5.41, 5.74) is 10.3. The standard InChI is InChI=1S/C32H38N8O2/c1-21-11-14-24(15-12-21)40-29(19-27(38-40)32(3,4)5)35-31(41)34-26(23-9-7-6-8-10-23)17-13-22(2)42-25-16-18-28-36-37-30(33)39(28)20-25/h6-12,14-16,18-20,22,26H,13,17H2,1-5H3,(H2,33,37)(H2,34,35,41)/t22-,26-/m0/s1. The number of urea groups is 1. The number of benzene rings is 2. The molecule has 10 heteroatoms. The van der Waals surface area contributed by atoms with Gasteiger partial charge in [-0.3, -0.25) is 9.72 Å². The molecule has 5 rings (SSSR count). The Bertz CT molecular complexity index is 1650. The number of carbonyl (C=O) groups excluding carboxylic acids is 1. The predicted molar refractivity (Wildman–Crippen MR) is 165 cm³/mol. The average Bonchev–Trinajstić information content (AvgIpc) is 3.55. The van der Waals surface area contributed by atoms with E-state index in [-0.39, 0.29) is 23.6 Å². The molecule has 4 N–H and O–H groups in total. The Morgan fingerprint density at radius 3 is 2.45 bits per heavy atom.